The van der Waals surface area contributed by atoms with Crippen LogP contribution in [0.5, 0.6) is 0 Å². The van der Waals surface area contributed by atoms with Crippen LogP contribution in [0.3, 0.4) is 0 Å². The lowest BCUT2D eigenvalue weighted by atomic mass is 9.67. The van der Waals surface area contributed by atoms with Crippen LogP contribution < -0.4 is 5.32 Å². The number of benzene rings is 2. The fraction of sp³-hybridized carbons (Fsp3) is 0.296. The van der Waals surface area contributed by atoms with Gasteiger partial charge in [-0.05, 0) is 61.1 Å². The van der Waals surface area contributed by atoms with E-state index in [9.17, 15) is 9.59 Å². The molecular weight excluding hydrogens is 440 g/mol. The SMILES string of the molecule is O=C(NC1CCC2(CC1)CN(C(=O)c1n[nH]c3cc(-c4ccccc4)ccc13)C2)c1cccnn1. The van der Waals surface area contributed by atoms with Crippen LogP contribution in [-0.4, -0.2) is 56.2 Å². The molecule has 2 amide bonds. The monoisotopic (exact) mass is 466 g/mol. The largest absolute Gasteiger partial charge is 0.348 e. The zero-order valence-corrected chi connectivity index (χ0v) is 19.3. The van der Waals surface area contributed by atoms with E-state index in [0.717, 1.165) is 60.8 Å². The number of aromatic amines is 1. The number of hydrogen-bond donors (Lipinski definition) is 2. The van der Waals surface area contributed by atoms with Crippen molar-refractivity contribution < 1.29 is 9.59 Å². The molecule has 1 aliphatic heterocycles. The predicted octanol–water partition coefficient (Wildman–Crippen LogP) is 3.83. The van der Waals surface area contributed by atoms with E-state index < -0.39 is 0 Å². The van der Waals surface area contributed by atoms with Gasteiger partial charge in [-0.15, -0.1) is 5.10 Å². The fourth-order valence-electron chi connectivity index (χ4n) is 5.42. The van der Waals surface area contributed by atoms with Crippen LogP contribution in [0.1, 0.15) is 46.7 Å². The summed E-state index contributed by atoms with van der Waals surface area (Å²) in [7, 11) is 0. The Balaban J connectivity index is 1.07. The Morgan fingerprint density at radius 1 is 0.971 bits per heavy atom. The first-order valence-electron chi connectivity index (χ1n) is 12.0. The number of fused-ring (bicyclic) bond motifs is 1. The highest BCUT2D eigenvalue weighted by atomic mass is 16.2. The molecule has 2 aromatic heterocycles. The Morgan fingerprint density at radius 2 is 1.77 bits per heavy atom. The normalized spacial score (nSPS) is 17.3. The van der Waals surface area contributed by atoms with Crippen molar-refractivity contribution >= 4 is 22.7 Å². The molecule has 1 saturated carbocycles. The zero-order valence-electron chi connectivity index (χ0n) is 19.3. The van der Waals surface area contributed by atoms with Gasteiger partial charge in [-0.25, -0.2) is 0 Å². The van der Waals surface area contributed by atoms with Gasteiger partial charge in [0.15, 0.2) is 11.4 Å². The van der Waals surface area contributed by atoms with E-state index in [1.807, 2.05) is 41.3 Å². The highest BCUT2D eigenvalue weighted by molar-refractivity contribution is 6.05. The van der Waals surface area contributed by atoms with Crippen molar-refractivity contribution in [2.45, 2.75) is 31.7 Å². The molecular formula is C27H26N6O2. The van der Waals surface area contributed by atoms with Crippen LogP contribution in [0.25, 0.3) is 22.0 Å². The van der Waals surface area contributed by atoms with Gasteiger partial charge in [-0.1, -0.05) is 36.4 Å². The van der Waals surface area contributed by atoms with Crippen LogP contribution >= 0.6 is 0 Å². The number of carbonyl (C=O) groups is 2. The van der Waals surface area contributed by atoms with Crippen LogP contribution in [0.15, 0.2) is 66.9 Å². The standard InChI is InChI=1S/C27H26N6O2/c34-25(22-7-4-14-28-30-22)29-20-10-12-27(13-11-20)16-33(17-27)26(35)24-21-9-8-19(15-23(21)31-32-24)18-5-2-1-3-6-18/h1-9,14-15,20H,10-13,16-17H2,(H,29,34)(H,31,32). The Hall–Kier alpha value is -4.07. The van der Waals surface area contributed by atoms with Crippen LogP contribution in [-0.2, 0) is 0 Å². The average molecular weight is 467 g/mol. The second-order valence-corrected chi connectivity index (χ2v) is 9.72. The first-order chi connectivity index (χ1) is 17.1. The van der Waals surface area contributed by atoms with Crippen molar-refractivity contribution in [1.82, 2.24) is 30.6 Å². The molecule has 8 heteroatoms. The summed E-state index contributed by atoms with van der Waals surface area (Å²) in [5, 5.41) is 19.0. The van der Waals surface area contributed by atoms with E-state index in [2.05, 4.69) is 37.8 Å². The summed E-state index contributed by atoms with van der Waals surface area (Å²) in [6, 6.07) is 19.7. The number of rotatable bonds is 4. The van der Waals surface area contributed by atoms with Gasteiger partial charge in [0.05, 0.1) is 5.52 Å². The quantitative estimate of drug-likeness (QED) is 0.476. The maximum absolute atomic E-state index is 13.2. The van der Waals surface area contributed by atoms with Crippen molar-refractivity contribution in [3.63, 3.8) is 0 Å². The van der Waals surface area contributed by atoms with E-state index in [1.165, 1.54) is 0 Å². The molecule has 0 bridgehead atoms. The molecule has 8 nitrogen and oxygen atoms in total. The van der Waals surface area contributed by atoms with E-state index in [-0.39, 0.29) is 23.3 Å². The van der Waals surface area contributed by atoms with Crippen LogP contribution in [0.2, 0.25) is 0 Å². The van der Waals surface area contributed by atoms with Crippen LogP contribution in [0.4, 0.5) is 0 Å². The van der Waals surface area contributed by atoms with Crippen LogP contribution in [0, 0.1) is 5.41 Å². The fourth-order valence-corrected chi connectivity index (χ4v) is 5.42. The van der Waals surface area contributed by atoms with Crippen molar-refractivity contribution in [3.05, 3.63) is 78.2 Å². The Bertz CT molecular complexity index is 1370. The molecule has 0 atom stereocenters. The third-order valence-electron chi connectivity index (χ3n) is 7.40. The molecule has 2 N–H and O–H groups in total. The topological polar surface area (TPSA) is 104 Å². The van der Waals surface area contributed by atoms with Crippen molar-refractivity contribution in [1.29, 1.82) is 0 Å². The summed E-state index contributed by atoms with van der Waals surface area (Å²) in [5.74, 6) is -0.197. The lowest BCUT2D eigenvalue weighted by Crippen LogP contribution is -2.60. The molecule has 6 rings (SSSR count). The summed E-state index contributed by atoms with van der Waals surface area (Å²) in [5.41, 5.74) is 4.06. The maximum Gasteiger partial charge on any atom is 0.275 e. The van der Waals surface area contributed by atoms with Gasteiger partial charge < -0.3 is 10.2 Å². The van der Waals surface area contributed by atoms with Gasteiger partial charge in [-0.3, -0.25) is 14.7 Å². The van der Waals surface area contributed by atoms with E-state index in [1.54, 1.807) is 18.3 Å². The highest BCUT2D eigenvalue weighted by Gasteiger charge is 2.47. The minimum absolute atomic E-state index is 0.0209. The number of nitrogens with one attached hydrogen (secondary N) is 2. The maximum atomic E-state index is 13.2. The smallest absolute Gasteiger partial charge is 0.275 e. The lowest BCUT2D eigenvalue weighted by Gasteiger charge is -2.53. The van der Waals surface area contributed by atoms with E-state index in [4.69, 9.17) is 0 Å². The molecule has 2 aromatic carbocycles. The number of carbonyl (C=O) groups excluding carboxylic acids is 2. The Kier molecular flexibility index (Phi) is 5.28. The number of amides is 2. The van der Waals surface area contributed by atoms with E-state index >= 15 is 0 Å². The highest BCUT2D eigenvalue weighted by Crippen LogP contribution is 2.44. The molecule has 3 heterocycles. The second-order valence-electron chi connectivity index (χ2n) is 9.72. The molecule has 176 valence electrons. The average Bonchev–Trinajstić information content (AvgIpc) is 3.32. The Morgan fingerprint density at radius 3 is 2.51 bits per heavy atom. The summed E-state index contributed by atoms with van der Waals surface area (Å²) in [6.07, 6.45) is 5.34. The summed E-state index contributed by atoms with van der Waals surface area (Å²) >= 11 is 0. The second kappa shape index (κ2) is 8.61. The van der Waals surface area contributed by atoms with E-state index in [0.29, 0.717) is 11.4 Å². The third kappa shape index (κ3) is 4.05. The summed E-state index contributed by atoms with van der Waals surface area (Å²) in [4.78, 5) is 27.5. The summed E-state index contributed by atoms with van der Waals surface area (Å²) < 4.78 is 0. The van der Waals surface area contributed by atoms with Gasteiger partial charge in [0, 0.05) is 36.1 Å². The number of H-pyrrole nitrogens is 1. The minimum atomic E-state index is -0.176. The number of aromatic nitrogens is 4. The molecule has 0 radical (unpaired) electrons. The molecule has 2 aliphatic rings. The molecule has 2 fully saturated rings. The molecule has 0 unspecified atom stereocenters. The molecule has 1 saturated heterocycles. The number of nitrogens with zero attached hydrogens (tertiary/aromatic N) is 4. The summed E-state index contributed by atoms with van der Waals surface area (Å²) in [6.45, 7) is 1.49. The lowest BCUT2D eigenvalue weighted by molar-refractivity contribution is -0.0201. The molecule has 1 aliphatic carbocycles. The van der Waals surface area contributed by atoms with Crippen molar-refractivity contribution in [2.24, 2.45) is 5.41 Å². The zero-order chi connectivity index (χ0) is 23.8. The third-order valence-corrected chi connectivity index (χ3v) is 7.40. The predicted molar refractivity (Wildman–Crippen MR) is 132 cm³/mol. The Labute approximate surface area is 202 Å². The first-order valence-corrected chi connectivity index (χ1v) is 12.0. The number of hydrogen-bond acceptors (Lipinski definition) is 5. The van der Waals surface area contributed by atoms with Crippen molar-refractivity contribution in [2.75, 3.05) is 13.1 Å². The minimum Gasteiger partial charge on any atom is -0.348 e. The molecule has 4 aromatic rings. The molecule has 35 heavy (non-hydrogen) atoms. The van der Waals surface area contributed by atoms with Crippen molar-refractivity contribution in [3.8, 4) is 11.1 Å². The van der Waals surface area contributed by atoms with Gasteiger partial charge in [0.1, 0.15) is 0 Å². The first kappa shape index (κ1) is 21.5. The number of likely N-dealkylation sites (tertiary alicyclic amines) is 1. The van der Waals surface area contributed by atoms with Gasteiger partial charge in [0.25, 0.3) is 11.8 Å². The van der Waals surface area contributed by atoms with Gasteiger partial charge in [0.2, 0.25) is 0 Å². The van der Waals surface area contributed by atoms with Gasteiger partial charge in [-0.2, -0.15) is 10.2 Å². The molecule has 1 spiro atoms. The van der Waals surface area contributed by atoms with Gasteiger partial charge >= 0.3 is 0 Å².